The quantitative estimate of drug-likeness (QED) is 0.587. The molecule has 4 atom stereocenters. The maximum atomic E-state index is 2.60. The molecule has 0 bridgehead atoms. The summed E-state index contributed by atoms with van der Waals surface area (Å²) < 4.78 is 0. The number of hydrogen-bond donors (Lipinski definition) is 0. The van der Waals surface area contributed by atoms with E-state index in [4.69, 9.17) is 0 Å². The molecule has 3 aliphatic rings. The van der Waals surface area contributed by atoms with E-state index in [-0.39, 0.29) is 0 Å². The molecule has 3 aliphatic carbocycles. The van der Waals surface area contributed by atoms with E-state index in [2.05, 4.69) is 31.2 Å². The third-order valence-corrected chi connectivity index (χ3v) is 6.67. The smallest absolute Gasteiger partial charge is 0.0128 e. The maximum Gasteiger partial charge on any atom is -0.0128 e. The third-order valence-electron chi connectivity index (χ3n) is 6.67. The maximum absolute atomic E-state index is 2.60. The normalized spacial score (nSPS) is 41.0. The van der Waals surface area contributed by atoms with E-state index < -0.39 is 0 Å². The second-order valence-corrected chi connectivity index (χ2v) is 7.55. The molecule has 0 radical (unpaired) electrons. The summed E-state index contributed by atoms with van der Waals surface area (Å²) in [7, 11) is 0. The number of fused-ring (bicyclic) bond motifs is 5. The highest BCUT2D eigenvalue weighted by Crippen LogP contribution is 2.59. The van der Waals surface area contributed by atoms with Gasteiger partial charge in [-0.2, -0.15) is 0 Å². The Bertz CT molecular complexity index is 475. The van der Waals surface area contributed by atoms with Crippen molar-refractivity contribution in [3.8, 4) is 0 Å². The fourth-order valence-corrected chi connectivity index (χ4v) is 5.68. The first-order chi connectivity index (χ1) is 9.28. The zero-order valence-electron chi connectivity index (χ0n) is 12.2. The van der Waals surface area contributed by atoms with Gasteiger partial charge in [-0.15, -0.1) is 0 Å². The summed E-state index contributed by atoms with van der Waals surface area (Å²) in [5.74, 6) is 2.91. The minimum atomic E-state index is 0.686. The van der Waals surface area contributed by atoms with Crippen LogP contribution in [0, 0.1) is 17.3 Å². The van der Waals surface area contributed by atoms with Gasteiger partial charge in [-0.3, -0.25) is 0 Å². The highest BCUT2D eigenvalue weighted by molar-refractivity contribution is 5.34. The van der Waals surface area contributed by atoms with Crippen molar-refractivity contribution in [3.05, 3.63) is 35.4 Å². The van der Waals surface area contributed by atoms with Gasteiger partial charge in [0.15, 0.2) is 0 Å². The molecule has 0 heteroatoms. The van der Waals surface area contributed by atoms with E-state index >= 15 is 0 Å². The van der Waals surface area contributed by atoms with Crippen LogP contribution in [0.4, 0.5) is 0 Å². The topological polar surface area (TPSA) is 0 Å². The molecule has 1 aromatic carbocycles. The molecule has 0 saturated heterocycles. The van der Waals surface area contributed by atoms with E-state index in [1.54, 1.807) is 11.1 Å². The highest BCUT2D eigenvalue weighted by Gasteiger charge is 2.48. The van der Waals surface area contributed by atoms with Crippen LogP contribution in [-0.2, 0) is 6.42 Å². The summed E-state index contributed by atoms with van der Waals surface area (Å²) in [6.07, 6.45) is 11.7. The average Bonchev–Trinajstić information content (AvgIpc) is 2.46. The Kier molecular flexibility index (Phi) is 2.76. The van der Waals surface area contributed by atoms with Gasteiger partial charge in [0.1, 0.15) is 0 Å². The molecule has 2 fully saturated rings. The molecule has 0 aromatic heterocycles. The van der Waals surface area contributed by atoms with Crippen LogP contribution in [0.5, 0.6) is 0 Å². The van der Waals surface area contributed by atoms with Gasteiger partial charge in [0, 0.05) is 0 Å². The van der Waals surface area contributed by atoms with Crippen molar-refractivity contribution in [2.75, 3.05) is 0 Å². The van der Waals surface area contributed by atoms with Gasteiger partial charge in [-0.05, 0) is 72.8 Å². The van der Waals surface area contributed by atoms with Gasteiger partial charge >= 0.3 is 0 Å². The molecule has 0 aliphatic heterocycles. The fraction of sp³-hybridized carbons (Fsp3) is 0.684. The van der Waals surface area contributed by atoms with Crippen LogP contribution in [0.1, 0.15) is 68.9 Å². The lowest BCUT2D eigenvalue weighted by atomic mass is 9.51. The van der Waals surface area contributed by atoms with E-state index in [1.165, 1.54) is 51.4 Å². The van der Waals surface area contributed by atoms with Crippen LogP contribution in [-0.4, -0.2) is 0 Å². The predicted octanol–water partition coefficient (Wildman–Crippen LogP) is 5.32. The monoisotopic (exact) mass is 254 g/mol. The minimum absolute atomic E-state index is 0.686. The van der Waals surface area contributed by atoms with Gasteiger partial charge in [0.25, 0.3) is 0 Å². The van der Waals surface area contributed by atoms with E-state index in [9.17, 15) is 0 Å². The summed E-state index contributed by atoms with van der Waals surface area (Å²) in [6, 6.07) is 9.29. The molecule has 0 amide bonds. The number of hydrogen-bond acceptors (Lipinski definition) is 0. The predicted molar refractivity (Wildman–Crippen MR) is 80.3 cm³/mol. The minimum Gasteiger partial charge on any atom is -0.0620 e. The van der Waals surface area contributed by atoms with Crippen molar-refractivity contribution < 1.29 is 0 Å². The van der Waals surface area contributed by atoms with Crippen LogP contribution < -0.4 is 0 Å². The Balaban J connectivity index is 1.70. The van der Waals surface area contributed by atoms with Crippen LogP contribution in [0.25, 0.3) is 0 Å². The zero-order valence-corrected chi connectivity index (χ0v) is 12.2. The molecular formula is C19H26. The molecule has 2 saturated carbocycles. The van der Waals surface area contributed by atoms with Crippen molar-refractivity contribution in [3.63, 3.8) is 0 Å². The van der Waals surface area contributed by atoms with E-state index in [0.717, 1.165) is 17.8 Å². The molecule has 0 N–H and O–H groups in total. The van der Waals surface area contributed by atoms with Crippen LogP contribution in [0.3, 0.4) is 0 Å². The second kappa shape index (κ2) is 4.36. The number of benzene rings is 1. The lowest BCUT2D eigenvalue weighted by Crippen LogP contribution is -2.44. The fourth-order valence-electron chi connectivity index (χ4n) is 5.68. The molecule has 0 spiro atoms. The molecule has 1 aromatic rings. The van der Waals surface area contributed by atoms with Crippen molar-refractivity contribution in [2.24, 2.45) is 17.3 Å². The highest BCUT2D eigenvalue weighted by atomic mass is 14.5. The van der Waals surface area contributed by atoms with Crippen molar-refractivity contribution in [1.29, 1.82) is 0 Å². The van der Waals surface area contributed by atoms with Gasteiger partial charge in [-0.25, -0.2) is 0 Å². The van der Waals surface area contributed by atoms with Gasteiger partial charge < -0.3 is 0 Å². The van der Waals surface area contributed by atoms with Gasteiger partial charge in [0.05, 0.1) is 0 Å². The van der Waals surface area contributed by atoms with Crippen LogP contribution in [0.2, 0.25) is 0 Å². The number of aryl methyl sites for hydroxylation is 1. The van der Waals surface area contributed by atoms with Crippen molar-refractivity contribution in [1.82, 2.24) is 0 Å². The Morgan fingerprint density at radius 1 is 1.00 bits per heavy atom. The molecule has 3 unspecified atom stereocenters. The standard InChI is InChI=1S/C19H26/c1-19-12-5-4-8-18(19)17-10-9-14-6-2-3-7-15(14)16(17)11-13-19/h2-3,6-7,16-18H,4-5,8-13H2,1H3/t16?,17?,18?,19-/m0/s1. The Morgan fingerprint density at radius 2 is 1.89 bits per heavy atom. The van der Waals surface area contributed by atoms with E-state index in [0.29, 0.717) is 5.41 Å². The second-order valence-electron chi connectivity index (χ2n) is 7.55. The van der Waals surface area contributed by atoms with E-state index in [1.807, 2.05) is 0 Å². The average molecular weight is 254 g/mol. The lowest BCUT2D eigenvalue weighted by Gasteiger charge is -2.54. The summed E-state index contributed by atoms with van der Waals surface area (Å²) in [6.45, 7) is 2.60. The molecular weight excluding hydrogens is 228 g/mol. The molecule has 4 rings (SSSR count). The Morgan fingerprint density at radius 3 is 2.84 bits per heavy atom. The van der Waals surface area contributed by atoms with Gasteiger partial charge in [-0.1, -0.05) is 44.0 Å². The SMILES string of the molecule is C[C@@]12CCCCC1C1CCc3ccccc3C1CC2. The summed E-state index contributed by atoms with van der Waals surface area (Å²) in [4.78, 5) is 0. The Labute approximate surface area is 117 Å². The molecule has 19 heavy (non-hydrogen) atoms. The first-order valence-corrected chi connectivity index (χ1v) is 8.36. The van der Waals surface area contributed by atoms with Gasteiger partial charge in [0.2, 0.25) is 0 Å². The lowest BCUT2D eigenvalue weighted by molar-refractivity contribution is -0.00420. The van der Waals surface area contributed by atoms with Crippen molar-refractivity contribution >= 4 is 0 Å². The first-order valence-electron chi connectivity index (χ1n) is 8.36. The molecule has 0 heterocycles. The van der Waals surface area contributed by atoms with Crippen LogP contribution in [0.15, 0.2) is 24.3 Å². The zero-order chi connectivity index (χ0) is 12.9. The summed E-state index contributed by atoms with van der Waals surface area (Å²) in [5.41, 5.74) is 4.06. The Hall–Kier alpha value is -0.780. The summed E-state index contributed by atoms with van der Waals surface area (Å²) >= 11 is 0. The number of rotatable bonds is 0. The third kappa shape index (κ3) is 1.79. The first kappa shape index (κ1) is 12.0. The summed E-state index contributed by atoms with van der Waals surface area (Å²) in [5, 5.41) is 0. The molecule has 102 valence electrons. The molecule has 0 nitrogen and oxygen atoms in total. The van der Waals surface area contributed by atoms with Crippen LogP contribution >= 0.6 is 0 Å². The van der Waals surface area contributed by atoms with Crippen molar-refractivity contribution in [2.45, 2.75) is 64.2 Å². The largest absolute Gasteiger partial charge is 0.0620 e.